The molecular weight excluding hydrogens is 633 g/mol. The third-order valence-electron chi connectivity index (χ3n) is 9.67. The zero-order valence-corrected chi connectivity index (χ0v) is 30.5. The SMILES string of the molecule is CCC(CC)Cc1ccc(-c2ccc(-c3ccc4cc5cc(-c6ccc(-c7ccc(CC(CC)CC)s7)s6)ccc5cc4c3)s2)s1. The predicted octanol–water partition coefficient (Wildman–Crippen LogP) is 14.9. The van der Waals surface area contributed by atoms with Crippen LogP contribution >= 0.6 is 45.3 Å². The minimum Gasteiger partial charge on any atom is -0.139 e. The van der Waals surface area contributed by atoms with E-state index in [1.54, 1.807) is 0 Å². The van der Waals surface area contributed by atoms with Gasteiger partial charge in [0, 0.05) is 39.0 Å². The molecule has 0 aliphatic carbocycles. The highest BCUT2D eigenvalue weighted by atomic mass is 32.1. The summed E-state index contributed by atoms with van der Waals surface area (Å²) in [6, 6.07) is 37.2. The molecule has 0 atom stereocenters. The Morgan fingerprint density at radius 3 is 1.15 bits per heavy atom. The first-order valence-electron chi connectivity index (χ1n) is 16.9. The van der Waals surface area contributed by atoms with Crippen LogP contribution in [0.4, 0.5) is 0 Å². The number of fused-ring (bicyclic) bond motifs is 2. The van der Waals surface area contributed by atoms with Gasteiger partial charge in [0.2, 0.25) is 0 Å². The van der Waals surface area contributed by atoms with Gasteiger partial charge in [0.1, 0.15) is 0 Å². The summed E-state index contributed by atoms with van der Waals surface area (Å²) in [6.07, 6.45) is 7.46. The second-order valence-corrected chi connectivity index (χ2v) is 17.1. The maximum atomic E-state index is 2.37. The van der Waals surface area contributed by atoms with Gasteiger partial charge < -0.3 is 0 Å². The standard InChI is InChI=1S/C42H42S4/c1-5-27(6-2)21-35-13-15-39(43-35)41-19-17-37(45-41)31-11-9-29-24-34-26-32(12-10-30(34)23-33(29)25-31)38-18-20-42(46-38)40-16-14-36(44-40)22-28(7-3)8-4/h9-20,23-28H,5-8,21-22H2,1-4H3. The molecule has 0 saturated carbocycles. The summed E-state index contributed by atoms with van der Waals surface area (Å²) in [7, 11) is 0. The average Bonchev–Trinajstić information content (AvgIpc) is 3.92. The first-order valence-corrected chi connectivity index (χ1v) is 20.2. The lowest BCUT2D eigenvalue weighted by Gasteiger charge is -2.09. The lowest BCUT2D eigenvalue weighted by Crippen LogP contribution is -1.99. The third kappa shape index (κ3) is 6.69. The van der Waals surface area contributed by atoms with E-state index >= 15 is 0 Å². The fourth-order valence-corrected chi connectivity index (χ4v) is 10.9. The second-order valence-electron chi connectivity index (χ2n) is 12.6. The molecule has 0 N–H and O–H groups in total. The normalized spacial score (nSPS) is 12.0. The van der Waals surface area contributed by atoms with E-state index in [1.807, 2.05) is 45.3 Å². The van der Waals surface area contributed by atoms with Gasteiger partial charge in [0.15, 0.2) is 0 Å². The van der Waals surface area contributed by atoms with Crippen LogP contribution in [0.15, 0.2) is 97.1 Å². The summed E-state index contributed by atoms with van der Waals surface area (Å²) in [5.41, 5.74) is 2.60. The van der Waals surface area contributed by atoms with E-state index in [-0.39, 0.29) is 0 Å². The van der Waals surface area contributed by atoms with Crippen LogP contribution < -0.4 is 0 Å². The molecule has 7 aromatic rings. The molecule has 0 fully saturated rings. The Morgan fingerprint density at radius 2 is 0.739 bits per heavy atom. The van der Waals surface area contributed by atoms with E-state index in [9.17, 15) is 0 Å². The van der Waals surface area contributed by atoms with E-state index in [0.29, 0.717) is 0 Å². The van der Waals surface area contributed by atoms with Crippen molar-refractivity contribution >= 4 is 66.9 Å². The zero-order chi connectivity index (χ0) is 31.6. The van der Waals surface area contributed by atoms with Gasteiger partial charge >= 0.3 is 0 Å². The molecule has 0 amide bonds. The molecular formula is C42H42S4. The van der Waals surface area contributed by atoms with Crippen LogP contribution in [0.1, 0.15) is 63.1 Å². The first-order chi connectivity index (χ1) is 22.5. The van der Waals surface area contributed by atoms with Gasteiger partial charge in [-0.15, -0.1) is 45.3 Å². The van der Waals surface area contributed by atoms with Crippen LogP contribution in [-0.4, -0.2) is 0 Å². The average molecular weight is 675 g/mol. The second kappa shape index (κ2) is 14.0. The summed E-state index contributed by atoms with van der Waals surface area (Å²) >= 11 is 7.77. The Kier molecular flexibility index (Phi) is 9.60. The maximum Gasteiger partial charge on any atom is 0.0449 e. The Morgan fingerprint density at radius 1 is 0.370 bits per heavy atom. The molecule has 7 rings (SSSR count). The molecule has 3 aromatic carbocycles. The Labute approximate surface area is 290 Å². The van der Waals surface area contributed by atoms with Crippen molar-refractivity contribution in [3.8, 4) is 40.4 Å². The molecule has 0 aliphatic heterocycles. The highest BCUT2D eigenvalue weighted by molar-refractivity contribution is 7.24. The van der Waals surface area contributed by atoms with E-state index in [1.165, 1.54) is 110 Å². The number of hydrogen-bond donors (Lipinski definition) is 0. The molecule has 4 heterocycles. The molecule has 0 spiro atoms. The minimum atomic E-state index is 0.795. The van der Waals surface area contributed by atoms with Gasteiger partial charge in [-0.05, 0) is 130 Å². The van der Waals surface area contributed by atoms with E-state index in [4.69, 9.17) is 0 Å². The smallest absolute Gasteiger partial charge is 0.0449 e. The molecule has 0 radical (unpaired) electrons. The fraction of sp³-hybridized carbons (Fsp3) is 0.286. The molecule has 0 unspecified atom stereocenters. The van der Waals surface area contributed by atoms with Crippen molar-refractivity contribution in [1.29, 1.82) is 0 Å². The Bertz CT molecular complexity index is 1920. The summed E-state index contributed by atoms with van der Waals surface area (Å²) in [5.74, 6) is 1.59. The maximum absolute atomic E-state index is 2.37. The van der Waals surface area contributed by atoms with E-state index in [2.05, 4.69) is 125 Å². The number of hydrogen-bond acceptors (Lipinski definition) is 4. The molecule has 0 bridgehead atoms. The third-order valence-corrected chi connectivity index (χ3v) is 14.6. The minimum absolute atomic E-state index is 0.795. The van der Waals surface area contributed by atoms with Crippen LogP contribution in [0.25, 0.3) is 61.9 Å². The molecule has 234 valence electrons. The van der Waals surface area contributed by atoms with Crippen molar-refractivity contribution in [1.82, 2.24) is 0 Å². The summed E-state index contributed by atoms with van der Waals surface area (Å²) < 4.78 is 0. The first kappa shape index (κ1) is 31.6. The van der Waals surface area contributed by atoms with Gasteiger partial charge in [-0.25, -0.2) is 0 Å². The predicted molar refractivity (Wildman–Crippen MR) is 210 cm³/mol. The largest absolute Gasteiger partial charge is 0.139 e. The number of rotatable bonds is 12. The summed E-state index contributed by atoms with van der Waals surface area (Å²) in [4.78, 5) is 11.3. The van der Waals surface area contributed by atoms with Crippen molar-refractivity contribution in [2.75, 3.05) is 0 Å². The molecule has 4 heteroatoms. The summed E-state index contributed by atoms with van der Waals surface area (Å²) in [5, 5.41) is 5.20. The van der Waals surface area contributed by atoms with Gasteiger partial charge in [-0.3, -0.25) is 0 Å². The van der Waals surface area contributed by atoms with Gasteiger partial charge in [-0.2, -0.15) is 0 Å². The lowest BCUT2D eigenvalue weighted by molar-refractivity contribution is 0.494. The van der Waals surface area contributed by atoms with Crippen molar-refractivity contribution in [3.05, 3.63) is 107 Å². The lowest BCUT2D eigenvalue weighted by atomic mass is 9.99. The highest BCUT2D eigenvalue weighted by Gasteiger charge is 2.13. The van der Waals surface area contributed by atoms with Crippen molar-refractivity contribution in [3.63, 3.8) is 0 Å². The van der Waals surface area contributed by atoms with Crippen LogP contribution in [0, 0.1) is 11.8 Å². The number of thiophene rings is 4. The molecule has 4 aromatic heterocycles. The zero-order valence-electron chi connectivity index (χ0n) is 27.3. The molecule has 46 heavy (non-hydrogen) atoms. The monoisotopic (exact) mass is 674 g/mol. The van der Waals surface area contributed by atoms with Crippen LogP contribution in [0.3, 0.4) is 0 Å². The van der Waals surface area contributed by atoms with Gasteiger partial charge in [0.05, 0.1) is 0 Å². The van der Waals surface area contributed by atoms with Crippen molar-refractivity contribution < 1.29 is 0 Å². The van der Waals surface area contributed by atoms with E-state index < -0.39 is 0 Å². The summed E-state index contributed by atoms with van der Waals surface area (Å²) in [6.45, 7) is 9.26. The van der Waals surface area contributed by atoms with Gasteiger partial charge in [-0.1, -0.05) is 77.6 Å². The fourth-order valence-electron chi connectivity index (χ4n) is 6.52. The molecule has 0 saturated heterocycles. The van der Waals surface area contributed by atoms with Crippen molar-refractivity contribution in [2.45, 2.75) is 66.2 Å². The quantitative estimate of drug-likeness (QED) is 0.113. The molecule has 0 nitrogen and oxygen atoms in total. The van der Waals surface area contributed by atoms with E-state index in [0.717, 1.165) is 11.8 Å². The highest BCUT2D eigenvalue weighted by Crippen LogP contribution is 2.41. The van der Waals surface area contributed by atoms with Crippen LogP contribution in [0.5, 0.6) is 0 Å². The Balaban J connectivity index is 1.10. The van der Waals surface area contributed by atoms with Crippen LogP contribution in [0.2, 0.25) is 0 Å². The van der Waals surface area contributed by atoms with Gasteiger partial charge in [0.25, 0.3) is 0 Å². The number of benzene rings is 3. The topological polar surface area (TPSA) is 0 Å². The van der Waals surface area contributed by atoms with Crippen molar-refractivity contribution in [2.24, 2.45) is 11.8 Å². The molecule has 0 aliphatic rings. The Hall–Kier alpha value is -3.02. The van der Waals surface area contributed by atoms with Crippen LogP contribution in [-0.2, 0) is 12.8 Å².